The van der Waals surface area contributed by atoms with Crippen molar-refractivity contribution in [2.75, 3.05) is 5.32 Å². The van der Waals surface area contributed by atoms with E-state index in [1.807, 2.05) is 0 Å². The highest BCUT2D eigenvalue weighted by molar-refractivity contribution is 5.93. The molecule has 0 aromatic carbocycles. The van der Waals surface area contributed by atoms with E-state index in [9.17, 15) is 9.59 Å². The number of hydrogen-bond donors (Lipinski definition) is 2. The first-order valence-electron chi connectivity index (χ1n) is 8.05. The lowest BCUT2D eigenvalue weighted by atomic mass is 9.78. The molecule has 2 amide bonds. The number of carbonyl (C=O) groups is 2. The van der Waals surface area contributed by atoms with Gasteiger partial charge in [-0.05, 0) is 30.4 Å². The summed E-state index contributed by atoms with van der Waals surface area (Å²) in [7, 11) is 0. The highest BCUT2D eigenvalue weighted by atomic mass is 16.2. The molecule has 1 aliphatic rings. The average Bonchev–Trinajstić information content (AvgIpc) is 2.51. The van der Waals surface area contributed by atoms with Gasteiger partial charge in [0, 0.05) is 25.1 Å². The van der Waals surface area contributed by atoms with Gasteiger partial charge in [0.05, 0.1) is 11.9 Å². The van der Waals surface area contributed by atoms with E-state index in [0.717, 1.165) is 12.8 Å². The number of hydrogen-bond acceptors (Lipinski definition) is 3. The molecule has 3 atom stereocenters. The first-order valence-corrected chi connectivity index (χ1v) is 8.05. The number of amides is 2. The molecule has 0 spiro atoms. The Morgan fingerprint density at radius 1 is 1.23 bits per heavy atom. The quantitative estimate of drug-likeness (QED) is 0.878. The molecule has 1 saturated carbocycles. The predicted molar refractivity (Wildman–Crippen MR) is 86.2 cm³/mol. The Morgan fingerprint density at radius 2 is 2.00 bits per heavy atom. The summed E-state index contributed by atoms with van der Waals surface area (Å²) in [6.45, 7) is 4.44. The topological polar surface area (TPSA) is 71.1 Å². The Labute approximate surface area is 131 Å². The van der Waals surface area contributed by atoms with Gasteiger partial charge in [-0.15, -0.1) is 0 Å². The van der Waals surface area contributed by atoms with Crippen molar-refractivity contribution in [3.8, 4) is 0 Å². The Morgan fingerprint density at radius 3 is 2.73 bits per heavy atom. The van der Waals surface area contributed by atoms with Crippen molar-refractivity contribution in [2.45, 2.75) is 52.0 Å². The van der Waals surface area contributed by atoms with Crippen LogP contribution in [0.3, 0.4) is 0 Å². The first-order chi connectivity index (χ1) is 10.6. The summed E-state index contributed by atoms with van der Waals surface area (Å²) >= 11 is 0. The third-order valence-electron chi connectivity index (χ3n) is 4.58. The van der Waals surface area contributed by atoms with Crippen molar-refractivity contribution < 1.29 is 9.59 Å². The second kappa shape index (κ2) is 7.92. The van der Waals surface area contributed by atoms with Crippen molar-refractivity contribution >= 4 is 17.5 Å². The zero-order valence-corrected chi connectivity index (χ0v) is 13.3. The number of nitrogens with one attached hydrogen (secondary N) is 2. The zero-order valence-electron chi connectivity index (χ0n) is 13.3. The molecule has 2 N–H and O–H groups in total. The lowest BCUT2D eigenvalue weighted by Crippen LogP contribution is -2.43. The molecule has 3 unspecified atom stereocenters. The summed E-state index contributed by atoms with van der Waals surface area (Å²) in [6.07, 6.45) is 7.09. The van der Waals surface area contributed by atoms with Gasteiger partial charge in [0.2, 0.25) is 11.8 Å². The fourth-order valence-corrected chi connectivity index (χ4v) is 2.95. The smallest absolute Gasteiger partial charge is 0.224 e. The fourth-order valence-electron chi connectivity index (χ4n) is 2.95. The van der Waals surface area contributed by atoms with Crippen LogP contribution in [-0.2, 0) is 9.59 Å². The van der Waals surface area contributed by atoms with Gasteiger partial charge in [-0.2, -0.15) is 0 Å². The van der Waals surface area contributed by atoms with Crippen LogP contribution in [0.25, 0.3) is 0 Å². The van der Waals surface area contributed by atoms with E-state index < -0.39 is 0 Å². The van der Waals surface area contributed by atoms with Gasteiger partial charge in [0.25, 0.3) is 0 Å². The van der Waals surface area contributed by atoms with Gasteiger partial charge in [-0.1, -0.05) is 26.7 Å². The van der Waals surface area contributed by atoms with Crippen LogP contribution in [-0.4, -0.2) is 22.8 Å². The van der Waals surface area contributed by atoms with Gasteiger partial charge in [0.15, 0.2) is 0 Å². The largest absolute Gasteiger partial charge is 0.353 e. The average molecular weight is 303 g/mol. The minimum atomic E-state index is -0.159. The van der Waals surface area contributed by atoms with Crippen LogP contribution in [0.2, 0.25) is 0 Å². The molecule has 120 valence electrons. The SMILES string of the molecule is CC1CCCC(NC(=O)CCC(=O)Nc2cccnc2)C1C. The summed E-state index contributed by atoms with van der Waals surface area (Å²) in [6, 6.07) is 3.78. The van der Waals surface area contributed by atoms with Crippen molar-refractivity contribution in [3.63, 3.8) is 0 Å². The van der Waals surface area contributed by atoms with Crippen LogP contribution in [0.1, 0.15) is 46.0 Å². The van der Waals surface area contributed by atoms with Crippen LogP contribution in [0, 0.1) is 11.8 Å². The standard InChI is InChI=1S/C17H25N3O2/c1-12-5-3-7-15(13(12)2)20-17(22)9-8-16(21)19-14-6-4-10-18-11-14/h4,6,10-13,15H,3,5,7-9H2,1-2H3,(H,19,21)(H,20,22). The minimum Gasteiger partial charge on any atom is -0.353 e. The molecule has 0 bridgehead atoms. The fraction of sp³-hybridized carbons (Fsp3) is 0.588. The maximum atomic E-state index is 12.0. The molecule has 0 radical (unpaired) electrons. The molecule has 1 aromatic heterocycles. The van der Waals surface area contributed by atoms with E-state index in [-0.39, 0.29) is 30.7 Å². The molecular formula is C17H25N3O2. The third-order valence-corrected chi connectivity index (χ3v) is 4.58. The molecule has 1 fully saturated rings. The maximum Gasteiger partial charge on any atom is 0.224 e. The monoisotopic (exact) mass is 303 g/mol. The molecule has 0 aliphatic heterocycles. The van der Waals surface area contributed by atoms with Crippen LogP contribution in [0.5, 0.6) is 0 Å². The molecule has 1 aliphatic carbocycles. The van der Waals surface area contributed by atoms with Crippen LogP contribution in [0.15, 0.2) is 24.5 Å². The van der Waals surface area contributed by atoms with Gasteiger partial charge in [-0.3, -0.25) is 14.6 Å². The lowest BCUT2D eigenvalue weighted by molar-refractivity contribution is -0.125. The summed E-state index contributed by atoms with van der Waals surface area (Å²) in [5.41, 5.74) is 0.655. The van der Waals surface area contributed by atoms with Gasteiger partial charge in [-0.25, -0.2) is 0 Å². The predicted octanol–water partition coefficient (Wildman–Crippen LogP) is 2.74. The van der Waals surface area contributed by atoms with Crippen LogP contribution in [0.4, 0.5) is 5.69 Å². The number of anilines is 1. The van der Waals surface area contributed by atoms with E-state index in [1.54, 1.807) is 24.5 Å². The highest BCUT2D eigenvalue weighted by Crippen LogP contribution is 2.29. The van der Waals surface area contributed by atoms with E-state index >= 15 is 0 Å². The zero-order chi connectivity index (χ0) is 15.9. The maximum absolute atomic E-state index is 12.0. The molecule has 1 aromatic rings. The minimum absolute atomic E-state index is 0.0349. The second-order valence-corrected chi connectivity index (χ2v) is 6.23. The molecular weight excluding hydrogens is 278 g/mol. The summed E-state index contributed by atoms with van der Waals surface area (Å²) in [5.74, 6) is 0.954. The lowest BCUT2D eigenvalue weighted by Gasteiger charge is -2.34. The molecule has 0 saturated heterocycles. The number of rotatable bonds is 5. The molecule has 1 heterocycles. The van der Waals surface area contributed by atoms with Crippen molar-refractivity contribution in [3.05, 3.63) is 24.5 Å². The number of nitrogens with zero attached hydrogens (tertiary/aromatic N) is 1. The number of carbonyl (C=O) groups excluding carboxylic acids is 2. The van der Waals surface area contributed by atoms with E-state index in [4.69, 9.17) is 0 Å². The van der Waals surface area contributed by atoms with Crippen LogP contribution >= 0.6 is 0 Å². The Hall–Kier alpha value is -1.91. The number of aromatic nitrogens is 1. The van der Waals surface area contributed by atoms with Crippen LogP contribution < -0.4 is 10.6 Å². The normalized spacial score (nSPS) is 24.5. The summed E-state index contributed by atoms with van der Waals surface area (Å²) in [5, 5.41) is 5.82. The van der Waals surface area contributed by atoms with Gasteiger partial charge in [0.1, 0.15) is 0 Å². The summed E-state index contributed by atoms with van der Waals surface area (Å²) in [4.78, 5) is 27.8. The summed E-state index contributed by atoms with van der Waals surface area (Å²) < 4.78 is 0. The van der Waals surface area contributed by atoms with Crippen molar-refractivity contribution in [1.82, 2.24) is 10.3 Å². The van der Waals surface area contributed by atoms with E-state index in [1.165, 1.54) is 6.42 Å². The second-order valence-electron chi connectivity index (χ2n) is 6.23. The highest BCUT2D eigenvalue weighted by Gasteiger charge is 2.28. The Kier molecular flexibility index (Phi) is 5.92. The van der Waals surface area contributed by atoms with E-state index in [2.05, 4.69) is 29.5 Å². The van der Waals surface area contributed by atoms with E-state index in [0.29, 0.717) is 17.5 Å². The van der Waals surface area contributed by atoms with Crippen molar-refractivity contribution in [1.29, 1.82) is 0 Å². The molecule has 22 heavy (non-hydrogen) atoms. The van der Waals surface area contributed by atoms with Crippen molar-refractivity contribution in [2.24, 2.45) is 11.8 Å². The first kappa shape index (κ1) is 16.5. The number of pyridine rings is 1. The Balaban J connectivity index is 1.72. The molecule has 2 rings (SSSR count). The van der Waals surface area contributed by atoms with Gasteiger partial charge >= 0.3 is 0 Å². The molecule has 5 nitrogen and oxygen atoms in total. The third kappa shape index (κ3) is 4.83. The molecule has 5 heteroatoms. The Bertz CT molecular complexity index is 504. The van der Waals surface area contributed by atoms with Gasteiger partial charge < -0.3 is 10.6 Å².